The van der Waals surface area contributed by atoms with Crippen molar-refractivity contribution in [2.24, 2.45) is 0 Å². The molecule has 1 atom stereocenters. The fourth-order valence-corrected chi connectivity index (χ4v) is 4.55. The minimum absolute atomic E-state index is 0.135. The molecular formula is C23H24N2O6S2. The second kappa shape index (κ2) is 10.6. The average molecular weight is 489 g/mol. The van der Waals surface area contributed by atoms with E-state index in [0.29, 0.717) is 28.5 Å². The Morgan fingerprint density at radius 2 is 1.82 bits per heavy atom. The van der Waals surface area contributed by atoms with Crippen LogP contribution in [0.3, 0.4) is 0 Å². The molecular weight excluding hydrogens is 464 g/mol. The third-order valence-electron chi connectivity index (χ3n) is 4.82. The molecule has 0 saturated carbocycles. The zero-order chi connectivity index (χ0) is 24.1. The molecule has 2 aromatic carbocycles. The monoisotopic (exact) mass is 488 g/mol. The molecule has 2 amide bonds. The topological polar surface area (TPSA) is 97.3 Å². The van der Waals surface area contributed by atoms with Crippen LogP contribution < -0.4 is 19.5 Å². The summed E-state index contributed by atoms with van der Waals surface area (Å²) >= 11 is 6.47. The van der Waals surface area contributed by atoms with E-state index in [0.717, 1.165) is 11.8 Å². The number of amides is 2. The van der Waals surface area contributed by atoms with Crippen LogP contribution in [0.2, 0.25) is 0 Å². The van der Waals surface area contributed by atoms with E-state index in [1.165, 1.54) is 19.1 Å². The Hall–Kier alpha value is -3.24. The summed E-state index contributed by atoms with van der Waals surface area (Å²) in [5, 5.41) is 12.9. The van der Waals surface area contributed by atoms with Crippen molar-refractivity contribution in [3.63, 3.8) is 0 Å². The van der Waals surface area contributed by atoms with Gasteiger partial charge in [-0.1, -0.05) is 24.0 Å². The minimum Gasteiger partial charge on any atom is -0.502 e. The molecule has 2 N–H and O–H groups in total. The van der Waals surface area contributed by atoms with Crippen LogP contribution in [0.5, 0.6) is 23.0 Å². The molecule has 174 valence electrons. The van der Waals surface area contributed by atoms with Crippen molar-refractivity contribution >= 4 is 51.9 Å². The zero-order valence-electron chi connectivity index (χ0n) is 18.6. The van der Waals surface area contributed by atoms with Gasteiger partial charge in [0.25, 0.3) is 5.91 Å². The lowest BCUT2D eigenvalue weighted by Crippen LogP contribution is -2.44. The fraction of sp³-hybridized carbons (Fsp3) is 0.261. The van der Waals surface area contributed by atoms with Crippen LogP contribution in [0.4, 0.5) is 5.69 Å². The maximum atomic E-state index is 13.1. The van der Waals surface area contributed by atoms with E-state index in [9.17, 15) is 14.7 Å². The maximum Gasteiger partial charge on any atom is 0.266 e. The fourth-order valence-electron chi connectivity index (χ4n) is 3.13. The van der Waals surface area contributed by atoms with Gasteiger partial charge >= 0.3 is 0 Å². The Morgan fingerprint density at radius 3 is 2.36 bits per heavy atom. The highest BCUT2D eigenvalue weighted by molar-refractivity contribution is 8.26. The molecule has 1 unspecified atom stereocenters. The van der Waals surface area contributed by atoms with Gasteiger partial charge < -0.3 is 24.6 Å². The van der Waals surface area contributed by atoms with E-state index in [1.54, 1.807) is 49.4 Å². The van der Waals surface area contributed by atoms with Crippen molar-refractivity contribution in [1.82, 2.24) is 4.90 Å². The van der Waals surface area contributed by atoms with Crippen molar-refractivity contribution in [2.45, 2.75) is 19.9 Å². The first kappa shape index (κ1) is 24.4. The number of nitrogens with zero attached hydrogens (tertiary/aromatic N) is 1. The Kier molecular flexibility index (Phi) is 7.83. The molecule has 0 radical (unpaired) electrons. The summed E-state index contributed by atoms with van der Waals surface area (Å²) in [7, 11) is 2.84. The van der Waals surface area contributed by atoms with Crippen LogP contribution in [-0.4, -0.2) is 53.0 Å². The van der Waals surface area contributed by atoms with Gasteiger partial charge in [-0.25, -0.2) is 0 Å². The molecule has 0 spiro atoms. The number of phenols is 1. The highest BCUT2D eigenvalue weighted by atomic mass is 32.2. The van der Waals surface area contributed by atoms with Crippen molar-refractivity contribution in [2.75, 3.05) is 26.1 Å². The molecule has 3 rings (SSSR count). The van der Waals surface area contributed by atoms with Gasteiger partial charge in [-0.05, 0) is 61.9 Å². The molecule has 0 bridgehead atoms. The summed E-state index contributed by atoms with van der Waals surface area (Å²) in [5.41, 5.74) is 1.16. The summed E-state index contributed by atoms with van der Waals surface area (Å²) in [6, 6.07) is 9.30. The largest absolute Gasteiger partial charge is 0.502 e. The number of ether oxygens (including phenoxy) is 3. The summed E-state index contributed by atoms with van der Waals surface area (Å²) in [6.07, 6.45) is 1.61. The number of hydrogen-bond donors (Lipinski definition) is 2. The highest BCUT2D eigenvalue weighted by Crippen LogP contribution is 2.40. The average Bonchev–Trinajstić information content (AvgIpc) is 3.08. The van der Waals surface area contributed by atoms with Gasteiger partial charge in [-0.2, -0.15) is 0 Å². The quantitative estimate of drug-likeness (QED) is 0.425. The minimum atomic E-state index is -0.821. The number of benzene rings is 2. The summed E-state index contributed by atoms with van der Waals surface area (Å²) in [6.45, 7) is 4.06. The van der Waals surface area contributed by atoms with Gasteiger partial charge in [0.2, 0.25) is 11.7 Å². The number of carbonyl (C=O) groups excluding carboxylic acids is 2. The summed E-state index contributed by atoms with van der Waals surface area (Å²) in [4.78, 5) is 27.5. The molecule has 1 heterocycles. The molecule has 0 aliphatic carbocycles. The third-order valence-corrected chi connectivity index (χ3v) is 6.15. The maximum absolute atomic E-state index is 13.1. The van der Waals surface area contributed by atoms with Gasteiger partial charge in [0, 0.05) is 5.69 Å². The standard InChI is InChI=1S/C23H24N2O6S2/c1-5-31-16-8-6-15(7-9-16)24-21(27)13(2)25-22(28)19(33-23(25)32)12-14-10-17(29-3)20(26)18(11-14)30-4/h6-13,26H,5H2,1-4H3,(H,24,27)/b19-12-. The van der Waals surface area contributed by atoms with E-state index in [-0.39, 0.29) is 33.4 Å². The number of phenolic OH excluding ortho intramolecular Hbond substituents is 1. The molecule has 1 aliphatic rings. The predicted molar refractivity (Wildman–Crippen MR) is 132 cm³/mol. The first-order chi connectivity index (χ1) is 15.8. The van der Waals surface area contributed by atoms with Crippen molar-refractivity contribution in [3.8, 4) is 23.0 Å². The molecule has 1 fully saturated rings. The Balaban J connectivity index is 1.77. The van der Waals surface area contributed by atoms with Gasteiger partial charge in [-0.15, -0.1) is 0 Å². The van der Waals surface area contributed by atoms with Crippen LogP contribution in [0.25, 0.3) is 6.08 Å². The first-order valence-corrected chi connectivity index (χ1v) is 11.3. The lowest BCUT2D eigenvalue weighted by atomic mass is 10.1. The molecule has 10 heteroatoms. The molecule has 1 saturated heterocycles. The van der Waals surface area contributed by atoms with Crippen molar-refractivity contribution in [3.05, 3.63) is 46.9 Å². The molecule has 33 heavy (non-hydrogen) atoms. The number of rotatable bonds is 8. The summed E-state index contributed by atoms with van der Waals surface area (Å²) < 4.78 is 16.0. The molecule has 1 aliphatic heterocycles. The predicted octanol–water partition coefficient (Wildman–Crippen LogP) is 4.04. The van der Waals surface area contributed by atoms with E-state index in [4.69, 9.17) is 26.4 Å². The number of aromatic hydroxyl groups is 1. The molecule has 2 aromatic rings. The number of methoxy groups -OCH3 is 2. The van der Waals surface area contributed by atoms with Gasteiger partial charge in [-0.3, -0.25) is 14.5 Å². The van der Waals surface area contributed by atoms with E-state index >= 15 is 0 Å². The highest BCUT2D eigenvalue weighted by Gasteiger charge is 2.38. The van der Waals surface area contributed by atoms with E-state index in [1.807, 2.05) is 6.92 Å². The zero-order valence-corrected chi connectivity index (χ0v) is 20.2. The number of thiocarbonyl (C=S) groups is 1. The van der Waals surface area contributed by atoms with Crippen LogP contribution in [0, 0.1) is 0 Å². The van der Waals surface area contributed by atoms with E-state index in [2.05, 4.69) is 5.32 Å². The van der Waals surface area contributed by atoms with Crippen molar-refractivity contribution < 1.29 is 28.9 Å². The summed E-state index contributed by atoms with van der Waals surface area (Å²) in [5.74, 6) is 0.228. The molecule has 8 nitrogen and oxygen atoms in total. The van der Waals surface area contributed by atoms with Crippen molar-refractivity contribution in [1.29, 1.82) is 0 Å². The second-order valence-electron chi connectivity index (χ2n) is 6.95. The van der Waals surface area contributed by atoms with Gasteiger partial charge in [0.15, 0.2) is 11.5 Å². The Labute approximate surface area is 201 Å². The Morgan fingerprint density at radius 1 is 1.21 bits per heavy atom. The van der Waals surface area contributed by atoms with Gasteiger partial charge in [0.05, 0.1) is 25.7 Å². The number of nitrogens with one attached hydrogen (secondary N) is 1. The molecule has 0 aromatic heterocycles. The van der Waals surface area contributed by atoms with Crippen LogP contribution in [0.1, 0.15) is 19.4 Å². The number of hydrogen-bond acceptors (Lipinski definition) is 8. The smallest absolute Gasteiger partial charge is 0.266 e. The van der Waals surface area contributed by atoms with Crippen LogP contribution >= 0.6 is 24.0 Å². The number of carbonyl (C=O) groups is 2. The number of anilines is 1. The number of thioether (sulfide) groups is 1. The lowest BCUT2D eigenvalue weighted by Gasteiger charge is -2.22. The van der Waals surface area contributed by atoms with Gasteiger partial charge in [0.1, 0.15) is 16.1 Å². The SMILES string of the molecule is CCOc1ccc(NC(=O)C(C)N2C(=O)/C(=C/c3cc(OC)c(O)c(OC)c3)SC2=S)cc1. The van der Waals surface area contributed by atoms with Crippen LogP contribution in [0.15, 0.2) is 41.3 Å². The lowest BCUT2D eigenvalue weighted by molar-refractivity contribution is -0.129. The third kappa shape index (κ3) is 5.40. The second-order valence-corrected chi connectivity index (χ2v) is 8.62. The van der Waals surface area contributed by atoms with E-state index < -0.39 is 6.04 Å². The van der Waals surface area contributed by atoms with Crippen LogP contribution in [-0.2, 0) is 9.59 Å². The normalized spacial score (nSPS) is 15.5. The Bertz CT molecular complexity index is 1080. The first-order valence-electron chi connectivity index (χ1n) is 10.0.